The number of ether oxygens (including phenoxy) is 1. The van der Waals surface area contributed by atoms with Crippen molar-refractivity contribution in [2.75, 3.05) is 6.61 Å². The maximum Gasteiger partial charge on any atom is 0.358 e. The van der Waals surface area contributed by atoms with E-state index in [-0.39, 0.29) is 24.2 Å². The zero-order chi connectivity index (χ0) is 24.1. The molecule has 0 aliphatic carbocycles. The highest BCUT2D eigenvalue weighted by molar-refractivity contribution is 5.94. The highest BCUT2D eigenvalue weighted by Crippen LogP contribution is 2.27. The number of esters is 1. The minimum atomic E-state index is -0.463. The molecule has 0 aliphatic heterocycles. The van der Waals surface area contributed by atoms with Gasteiger partial charge in [0.15, 0.2) is 5.69 Å². The van der Waals surface area contributed by atoms with Crippen LogP contribution in [0.25, 0.3) is 16.9 Å². The van der Waals surface area contributed by atoms with Gasteiger partial charge in [-0.1, -0.05) is 52.0 Å². The van der Waals surface area contributed by atoms with Crippen LogP contribution in [-0.2, 0) is 4.74 Å². The summed E-state index contributed by atoms with van der Waals surface area (Å²) in [5, 5.41) is 7.67. The molecule has 1 heterocycles. The quantitative estimate of drug-likeness (QED) is 0.467. The van der Waals surface area contributed by atoms with Gasteiger partial charge in [-0.2, -0.15) is 5.10 Å². The van der Waals surface area contributed by atoms with E-state index in [0.717, 1.165) is 22.5 Å². The van der Waals surface area contributed by atoms with E-state index in [1.54, 1.807) is 29.8 Å². The topological polar surface area (TPSA) is 73.2 Å². The second-order valence-corrected chi connectivity index (χ2v) is 8.90. The second kappa shape index (κ2) is 10.5. The monoisotopic (exact) mass is 447 g/mol. The lowest BCUT2D eigenvalue weighted by Gasteiger charge is -2.26. The fraction of sp³-hybridized carbons (Fsp3) is 0.370. The third-order valence-corrected chi connectivity index (χ3v) is 5.72. The van der Waals surface area contributed by atoms with Gasteiger partial charge >= 0.3 is 5.97 Å². The molecule has 0 spiro atoms. The van der Waals surface area contributed by atoms with E-state index in [0.29, 0.717) is 17.4 Å². The molecule has 33 heavy (non-hydrogen) atoms. The number of carbonyl (C=O) groups excluding carboxylic acids is 2. The highest BCUT2D eigenvalue weighted by Gasteiger charge is 2.21. The number of benzene rings is 2. The molecule has 6 nitrogen and oxygen atoms in total. The minimum absolute atomic E-state index is 0.0965. The van der Waals surface area contributed by atoms with Gasteiger partial charge in [0, 0.05) is 17.2 Å². The molecular formula is C27H33N3O3. The largest absolute Gasteiger partial charge is 0.461 e. The Labute approximate surface area is 196 Å². The number of nitrogens with one attached hydrogen (secondary N) is 1. The van der Waals surface area contributed by atoms with Crippen molar-refractivity contribution >= 4 is 11.9 Å². The van der Waals surface area contributed by atoms with E-state index in [1.165, 1.54) is 0 Å². The molecule has 1 amide bonds. The first kappa shape index (κ1) is 24.2. The van der Waals surface area contributed by atoms with Crippen molar-refractivity contribution in [2.45, 2.75) is 47.6 Å². The van der Waals surface area contributed by atoms with Crippen LogP contribution < -0.4 is 5.32 Å². The third-order valence-electron chi connectivity index (χ3n) is 5.72. The van der Waals surface area contributed by atoms with Crippen molar-refractivity contribution in [3.63, 3.8) is 0 Å². The van der Waals surface area contributed by atoms with Crippen LogP contribution in [0.15, 0.2) is 54.6 Å². The first-order valence-corrected chi connectivity index (χ1v) is 11.5. The van der Waals surface area contributed by atoms with E-state index in [9.17, 15) is 9.59 Å². The smallest absolute Gasteiger partial charge is 0.358 e. The summed E-state index contributed by atoms with van der Waals surface area (Å²) in [6.45, 7) is 12.5. The van der Waals surface area contributed by atoms with Crippen LogP contribution in [0.1, 0.15) is 61.0 Å². The van der Waals surface area contributed by atoms with Crippen LogP contribution in [0, 0.1) is 18.8 Å². The Hall–Kier alpha value is -3.41. The number of carbonyl (C=O) groups is 2. The van der Waals surface area contributed by atoms with Crippen molar-refractivity contribution in [3.05, 3.63) is 71.4 Å². The van der Waals surface area contributed by atoms with Gasteiger partial charge in [0.2, 0.25) is 0 Å². The Morgan fingerprint density at radius 2 is 1.64 bits per heavy atom. The van der Waals surface area contributed by atoms with Gasteiger partial charge in [0.1, 0.15) is 0 Å². The fourth-order valence-corrected chi connectivity index (χ4v) is 4.03. The summed E-state index contributed by atoms with van der Waals surface area (Å²) in [7, 11) is 0. The first-order chi connectivity index (χ1) is 15.7. The van der Waals surface area contributed by atoms with E-state index < -0.39 is 5.97 Å². The molecule has 3 rings (SSSR count). The number of amides is 1. The number of nitrogens with zero attached hydrogens (tertiary/aromatic N) is 2. The summed E-state index contributed by atoms with van der Waals surface area (Å²) in [6, 6.07) is 17.1. The molecule has 0 bridgehead atoms. The van der Waals surface area contributed by atoms with Gasteiger partial charge in [-0.3, -0.25) is 4.79 Å². The van der Waals surface area contributed by atoms with Crippen LogP contribution in [-0.4, -0.2) is 34.3 Å². The fourth-order valence-electron chi connectivity index (χ4n) is 4.03. The predicted molar refractivity (Wildman–Crippen MR) is 131 cm³/mol. The predicted octanol–water partition coefficient (Wildman–Crippen LogP) is 5.43. The molecule has 0 unspecified atom stereocenters. The number of hydrogen-bond acceptors (Lipinski definition) is 4. The third kappa shape index (κ3) is 5.51. The summed E-state index contributed by atoms with van der Waals surface area (Å²) < 4.78 is 6.88. The molecule has 0 saturated carbocycles. The lowest BCUT2D eigenvalue weighted by molar-refractivity contribution is 0.0518. The number of aromatic nitrogens is 2. The first-order valence-electron chi connectivity index (χ1n) is 11.5. The molecule has 174 valence electrons. The van der Waals surface area contributed by atoms with Crippen LogP contribution >= 0.6 is 0 Å². The SMILES string of the molecule is CCOC(=O)c1cc(-c2ccccc2C)n(-c2ccc(C(=O)NC(C(C)C)C(C)C)cc2)n1. The Morgan fingerprint density at radius 3 is 2.21 bits per heavy atom. The molecule has 3 aromatic rings. The molecule has 1 N–H and O–H groups in total. The summed E-state index contributed by atoms with van der Waals surface area (Å²) in [4.78, 5) is 25.2. The Kier molecular flexibility index (Phi) is 7.69. The Bertz CT molecular complexity index is 1110. The van der Waals surface area contributed by atoms with Crippen molar-refractivity contribution in [1.29, 1.82) is 0 Å². The van der Waals surface area contributed by atoms with Gasteiger partial charge in [-0.25, -0.2) is 9.48 Å². The molecule has 0 saturated heterocycles. The van der Waals surface area contributed by atoms with E-state index in [1.807, 2.05) is 43.3 Å². The molecule has 6 heteroatoms. The van der Waals surface area contributed by atoms with E-state index in [2.05, 4.69) is 38.1 Å². The summed E-state index contributed by atoms with van der Waals surface area (Å²) in [5.74, 6) is 0.127. The maximum absolute atomic E-state index is 12.8. The lowest BCUT2D eigenvalue weighted by atomic mass is 9.93. The normalized spacial score (nSPS) is 11.3. The van der Waals surface area contributed by atoms with Crippen molar-refractivity contribution < 1.29 is 14.3 Å². The molecule has 0 aliphatic rings. The van der Waals surface area contributed by atoms with Crippen molar-refractivity contribution in [1.82, 2.24) is 15.1 Å². The Balaban J connectivity index is 1.96. The number of aryl methyl sites for hydroxylation is 1. The summed E-state index contributed by atoms with van der Waals surface area (Å²) >= 11 is 0. The van der Waals surface area contributed by atoms with Crippen molar-refractivity contribution in [3.8, 4) is 16.9 Å². The van der Waals surface area contributed by atoms with Gasteiger partial charge in [0.25, 0.3) is 5.91 Å². The molecule has 0 fully saturated rings. The molecular weight excluding hydrogens is 414 g/mol. The van der Waals surface area contributed by atoms with E-state index >= 15 is 0 Å². The second-order valence-electron chi connectivity index (χ2n) is 8.90. The summed E-state index contributed by atoms with van der Waals surface area (Å²) in [5.41, 5.74) is 4.41. The van der Waals surface area contributed by atoms with Crippen LogP contribution in [0.5, 0.6) is 0 Å². The Morgan fingerprint density at radius 1 is 1.00 bits per heavy atom. The minimum Gasteiger partial charge on any atom is -0.461 e. The van der Waals surface area contributed by atoms with Gasteiger partial charge in [0.05, 0.1) is 18.0 Å². The average Bonchev–Trinajstić information content (AvgIpc) is 3.23. The van der Waals surface area contributed by atoms with Gasteiger partial charge in [-0.05, 0) is 61.6 Å². The van der Waals surface area contributed by atoms with E-state index in [4.69, 9.17) is 4.74 Å². The maximum atomic E-state index is 12.8. The molecule has 0 atom stereocenters. The molecule has 2 aromatic carbocycles. The van der Waals surface area contributed by atoms with Gasteiger partial charge in [-0.15, -0.1) is 0 Å². The van der Waals surface area contributed by atoms with Gasteiger partial charge < -0.3 is 10.1 Å². The van der Waals surface area contributed by atoms with Crippen LogP contribution in [0.3, 0.4) is 0 Å². The molecule has 1 aromatic heterocycles. The van der Waals surface area contributed by atoms with Crippen LogP contribution in [0.4, 0.5) is 0 Å². The average molecular weight is 448 g/mol. The number of hydrogen-bond donors (Lipinski definition) is 1. The highest BCUT2D eigenvalue weighted by atomic mass is 16.5. The lowest BCUT2D eigenvalue weighted by Crippen LogP contribution is -2.42. The van der Waals surface area contributed by atoms with Crippen molar-refractivity contribution in [2.24, 2.45) is 11.8 Å². The summed E-state index contributed by atoms with van der Waals surface area (Å²) in [6.07, 6.45) is 0. The standard InChI is InChI=1S/C27H33N3O3/c1-7-33-27(32)23-16-24(22-11-9-8-10-19(22)6)30(29-23)21-14-12-20(13-15-21)26(31)28-25(17(2)3)18(4)5/h8-18,25H,7H2,1-6H3,(H,28,31). The molecule has 0 radical (unpaired) electrons. The van der Waals surface area contributed by atoms with Crippen LogP contribution in [0.2, 0.25) is 0 Å². The zero-order valence-corrected chi connectivity index (χ0v) is 20.3. The zero-order valence-electron chi connectivity index (χ0n) is 20.3. The number of rotatable bonds is 8.